The Bertz CT molecular complexity index is 881. The van der Waals surface area contributed by atoms with Gasteiger partial charge in [0.1, 0.15) is 5.69 Å². The maximum atomic E-state index is 12.7. The summed E-state index contributed by atoms with van der Waals surface area (Å²) in [7, 11) is 0. The molecule has 0 bridgehead atoms. The summed E-state index contributed by atoms with van der Waals surface area (Å²) in [5.41, 5.74) is 2.64. The Labute approximate surface area is 158 Å². The average molecular weight is 368 g/mol. The van der Waals surface area contributed by atoms with E-state index in [9.17, 15) is 4.79 Å². The SMILES string of the molecule is O=C(NCC(c1ccccc1Cl)N1CCCC1)c1cc2ccccc2[nH]1. The average Bonchev–Trinajstić information content (AvgIpc) is 3.32. The number of amides is 1. The van der Waals surface area contributed by atoms with Crippen LogP contribution in [-0.2, 0) is 0 Å². The number of rotatable bonds is 5. The second-order valence-corrected chi connectivity index (χ2v) is 7.17. The molecule has 0 saturated carbocycles. The van der Waals surface area contributed by atoms with Crippen molar-refractivity contribution in [1.82, 2.24) is 15.2 Å². The number of likely N-dealkylation sites (tertiary alicyclic amines) is 1. The van der Waals surface area contributed by atoms with Crippen LogP contribution < -0.4 is 5.32 Å². The van der Waals surface area contributed by atoms with E-state index in [1.54, 1.807) is 0 Å². The topological polar surface area (TPSA) is 48.1 Å². The van der Waals surface area contributed by atoms with E-state index < -0.39 is 0 Å². The Kier molecular flexibility index (Phi) is 4.96. The number of halogens is 1. The highest BCUT2D eigenvalue weighted by molar-refractivity contribution is 6.31. The molecule has 0 spiro atoms. The quantitative estimate of drug-likeness (QED) is 0.702. The van der Waals surface area contributed by atoms with Crippen LogP contribution in [0.3, 0.4) is 0 Å². The van der Waals surface area contributed by atoms with E-state index in [0.717, 1.165) is 34.6 Å². The van der Waals surface area contributed by atoms with E-state index in [1.807, 2.05) is 48.5 Å². The molecule has 4 rings (SSSR count). The maximum absolute atomic E-state index is 12.7. The molecule has 1 atom stereocenters. The Morgan fingerprint density at radius 3 is 2.62 bits per heavy atom. The monoisotopic (exact) mass is 367 g/mol. The lowest BCUT2D eigenvalue weighted by Gasteiger charge is -2.28. The van der Waals surface area contributed by atoms with E-state index in [2.05, 4.69) is 21.3 Å². The van der Waals surface area contributed by atoms with Crippen molar-refractivity contribution in [3.63, 3.8) is 0 Å². The van der Waals surface area contributed by atoms with Gasteiger partial charge in [-0.25, -0.2) is 0 Å². The fourth-order valence-electron chi connectivity index (χ4n) is 3.71. The van der Waals surface area contributed by atoms with Gasteiger partial charge in [-0.15, -0.1) is 0 Å². The number of carbonyl (C=O) groups is 1. The van der Waals surface area contributed by atoms with Gasteiger partial charge in [-0.1, -0.05) is 48.0 Å². The lowest BCUT2D eigenvalue weighted by molar-refractivity contribution is 0.0933. The molecular formula is C21H22ClN3O. The van der Waals surface area contributed by atoms with Crippen LogP contribution in [0.25, 0.3) is 10.9 Å². The lowest BCUT2D eigenvalue weighted by Crippen LogP contribution is -2.37. The minimum absolute atomic E-state index is 0.0857. The number of hydrogen-bond acceptors (Lipinski definition) is 2. The largest absolute Gasteiger partial charge is 0.351 e. The minimum Gasteiger partial charge on any atom is -0.351 e. The highest BCUT2D eigenvalue weighted by atomic mass is 35.5. The van der Waals surface area contributed by atoms with Crippen LogP contribution in [0.4, 0.5) is 0 Å². The summed E-state index contributed by atoms with van der Waals surface area (Å²) >= 11 is 6.44. The molecule has 0 aliphatic carbocycles. The third kappa shape index (κ3) is 3.48. The summed E-state index contributed by atoms with van der Waals surface area (Å²) < 4.78 is 0. The highest BCUT2D eigenvalue weighted by Crippen LogP contribution is 2.29. The number of hydrogen-bond donors (Lipinski definition) is 2. The fraction of sp³-hybridized carbons (Fsp3) is 0.286. The molecule has 5 heteroatoms. The molecule has 1 aliphatic heterocycles. The predicted molar refractivity (Wildman–Crippen MR) is 106 cm³/mol. The van der Waals surface area contributed by atoms with Crippen molar-refractivity contribution >= 4 is 28.4 Å². The first-order chi connectivity index (χ1) is 12.7. The van der Waals surface area contributed by atoms with Crippen molar-refractivity contribution in [2.75, 3.05) is 19.6 Å². The number of para-hydroxylation sites is 1. The zero-order valence-corrected chi connectivity index (χ0v) is 15.3. The smallest absolute Gasteiger partial charge is 0.267 e. The molecule has 2 heterocycles. The summed E-state index contributed by atoms with van der Waals surface area (Å²) in [5, 5.41) is 4.89. The third-order valence-corrected chi connectivity index (χ3v) is 5.42. The van der Waals surface area contributed by atoms with Crippen molar-refractivity contribution in [2.45, 2.75) is 18.9 Å². The lowest BCUT2D eigenvalue weighted by atomic mass is 10.1. The van der Waals surface area contributed by atoms with Crippen molar-refractivity contribution in [1.29, 1.82) is 0 Å². The number of nitrogens with one attached hydrogen (secondary N) is 2. The molecule has 1 unspecified atom stereocenters. The van der Waals surface area contributed by atoms with Gasteiger partial charge in [0.2, 0.25) is 0 Å². The Hall–Kier alpha value is -2.30. The molecule has 26 heavy (non-hydrogen) atoms. The van der Waals surface area contributed by atoms with Crippen LogP contribution in [0.15, 0.2) is 54.6 Å². The number of carbonyl (C=O) groups excluding carboxylic acids is 1. The zero-order chi connectivity index (χ0) is 17.9. The number of fused-ring (bicyclic) bond motifs is 1. The van der Waals surface area contributed by atoms with Crippen LogP contribution >= 0.6 is 11.6 Å². The minimum atomic E-state index is -0.0857. The molecule has 1 aromatic heterocycles. The zero-order valence-electron chi connectivity index (χ0n) is 14.5. The Balaban J connectivity index is 1.52. The third-order valence-electron chi connectivity index (χ3n) is 5.08. The van der Waals surface area contributed by atoms with Crippen molar-refractivity contribution in [2.24, 2.45) is 0 Å². The first-order valence-electron chi connectivity index (χ1n) is 9.07. The highest BCUT2D eigenvalue weighted by Gasteiger charge is 2.25. The number of benzene rings is 2. The van der Waals surface area contributed by atoms with E-state index in [1.165, 1.54) is 12.8 Å². The molecule has 3 aromatic rings. The van der Waals surface area contributed by atoms with Gasteiger partial charge in [0, 0.05) is 22.5 Å². The first-order valence-corrected chi connectivity index (χ1v) is 9.44. The molecule has 1 aliphatic rings. The molecule has 1 amide bonds. The van der Waals surface area contributed by atoms with Gasteiger partial charge >= 0.3 is 0 Å². The standard InChI is InChI=1S/C21H22ClN3O/c22-17-9-3-2-8-16(17)20(25-11-5-6-12-25)14-23-21(26)19-13-15-7-1-4-10-18(15)24-19/h1-4,7-10,13,20,24H,5-6,11-12,14H2,(H,23,26). The van der Waals surface area contributed by atoms with Crippen LogP contribution in [0.2, 0.25) is 5.02 Å². The number of aromatic amines is 1. The summed E-state index contributed by atoms with van der Waals surface area (Å²) in [6, 6.07) is 17.8. The first kappa shape index (κ1) is 17.1. The van der Waals surface area contributed by atoms with Crippen LogP contribution in [0.5, 0.6) is 0 Å². The van der Waals surface area contributed by atoms with E-state index in [0.29, 0.717) is 12.2 Å². The van der Waals surface area contributed by atoms with Gasteiger partial charge < -0.3 is 10.3 Å². The second kappa shape index (κ2) is 7.52. The fourth-order valence-corrected chi connectivity index (χ4v) is 3.98. The van der Waals surface area contributed by atoms with Gasteiger partial charge in [-0.2, -0.15) is 0 Å². The van der Waals surface area contributed by atoms with Gasteiger partial charge in [0.25, 0.3) is 5.91 Å². The summed E-state index contributed by atoms with van der Waals surface area (Å²) in [6.45, 7) is 2.62. The predicted octanol–water partition coefficient (Wildman–Crippen LogP) is 4.39. The van der Waals surface area contributed by atoms with Gasteiger partial charge in [0.15, 0.2) is 0 Å². The summed E-state index contributed by atoms with van der Waals surface area (Å²) in [4.78, 5) is 18.3. The van der Waals surface area contributed by atoms with Gasteiger partial charge in [-0.05, 0) is 49.7 Å². The molecule has 1 fully saturated rings. The molecule has 0 radical (unpaired) electrons. The summed E-state index contributed by atoms with van der Waals surface area (Å²) in [6.07, 6.45) is 2.38. The Morgan fingerprint density at radius 1 is 1.12 bits per heavy atom. The van der Waals surface area contributed by atoms with E-state index in [-0.39, 0.29) is 11.9 Å². The van der Waals surface area contributed by atoms with E-state index >= 15 is 0 Å². The Morgan fingerprint density at radius 2 is 1.85 bits per heavy atom. The molecule has 2 aromatic carbocycles. The van der Waals surface area contributed by atoms with Crippen LogP contribution in [-0.4, -0.2) is 35.4 Å². The van der Waals surface area contributed by atoms with E-state index in [4.69, 9.17) is 11.6 Å². The number of nitrogens with zero attached hydrogens (tertiary/aromatic N) is 1. The molecule has 2 N–H and O–H groups in total. The summed E-state index contributed by atoms with van der Waals surface area (Å²) in [5.74, 6) is -0.0857. The van der Waals surface area contributed by atoms with Gasteiger partial charge in [0.05, 0.1) is 6.04 Å². The van der Waals surface area contributed by atoms with Crippen molar-refractivity contribution in [3.8, 4) is 0 Å². The number of aromatic nitrogens is 1. The van der Waals surface area contributed by atoms with Crippen LogP contribution in [0, 0.1) is 0 Å². The normalized spacial score (nSPS) is 16.0. The van der Waals surface area contributed by atoms with Crippen molar-refractivity contribution < 1.29 is 4.79 Å². The maximum Gasteiger partial charge on any atom is 0.267 e. The second-order valence-electron chi connectivity index (χ2n) is 6.76. The number of H-pyrrole nitrogens is 1. The van der Waals surface area contributed by atoms with Crippen LogP contribution in [0.1, 0.15) is 34.9 Å². The van der Waals surface area contributed by atoms with Gasteiger partial charge in [-0.3, -0.25) is 9.69 Å². The molecular weight excluding hydrogens is 346 g/mol. The molecule has 1 saturated heterocycles. The molecule has 134 valence electrons. The van der Waals surface area contributed by atoms with Crippen molar-refractivity contribution in [3.05, 3.63) is 70.9 Å². The molecule has 4 nitrogen and oxygen atoms in total.